The number of nitriles is 2. The minimum Gasteiger partial charge on any atom is -0.337 e. The number of ketones is 2. The number of fused-ring (bicyclic) bond motifs is 11. The van der Waals surface area contributed by atoms with Crippen molar-refractivity contribution in [3.63, 3.8) is 0 Å². The van der Waals surface area contributed by atoms with E-state index in [4.69, 9.17) is 13.1 Å². The second-order valence-electron chi connectivity index (χ2n) is 32.3. The molecule has 110 heavy (non-hydrogen) atoms. The number of thiophene rings is 2. The molecule has 15 heteroatoms. The Bertz CT molecular complexity index is 4440. The van der Waals surface area contributed by atoms with Crippen molar-refractivity contribution in [1.29, 1.82) is 10.5 Å². The molecule has 3 aromatic heterocycles. The molecule has 0 saturated carbocycles. The largest absolute Gasteiger partial charge is 0.337 e. The molecule has 7 aromatic rings. The third-order valence-corrected chi connectivity index (χ3v) is 37.9. The number of unbranched alkanes of at least 4 members (excludes halogenated alkanes) is 30. The smallest absolute Gasteiger partial charge is 0.270 e. The molecule has 11 rings (SSSR count). The average Bonchev–Trinajstić information content (AvgIpc) is 1.52. The van der Waals surface area contributed by atoms with Crippen LogP contribution in [-0.4, -0.2) is 32.3 Å². The van der Waals surface area contributed by atoms with Crippen LogP contribution in [0.3, 0.4) is 0 Å². The van der Waals surface area contributed by atoms with Crippen molar-refractivity contribution in [3.8, 4) is 33.0 Å². The fourth-order valence-corrected chi connectivity index (χ4v) is 33.8. The van der Waals surface area contributed by atoms with Crippen LogP contribution in [0.2, 0.25) is 24.2 Å². The van der Waals surface area contributed by atoms with Gasteiger partial charge in [0, 0.05) is 80.8 Å². The van der Waals surface area contributed by atoms with Gasteiger partial charge < -0.3 is 4.57 Å². The number of nitrogens with zero attached hydrogens (tertiary/aromatic N) is 5. The normalized spacial score (nSPS) is 15.9. The lowest BCUT2D eigenvalue weighted by Crippen LogP contribution is -2.55. The average molecular weight is 1560 g/mol. The molecule has 0 bridgehead atoms. The van der Waals surface area contributed by atoms with Crippen LogP contribution in [0.5, 0.6) is 0 Å². The van der Waals surface area contributed by atoms with Crippen molar-refractivity contribution in [2.24, 2.45) is 0 Å². The molecule has 0 amide bonds. The molecule has 580 valence electrons. The Labute approximate surface area is 664 Å². The molecule has 0 fully saturated rings. The zero-order chi connectivity index (χ0) is 77.9. The van der Waals surface area contributed by atoms with Gasteiger partial charge in [-0.25, -0.2) is 37.8 Å². The number of allylic oxidation sites excluding steroid dienone is 6. The quantitative estimate of drug-likeness (QED) is 0.00949. The summed E-state index contributed by atoms with van der Waals surface area (Å²) in [4.78, 5) is 40.8. The van der Waals surface area contributed by atoms with Gasteiger partial charge in [-0.2, -0.15) is 0 Å². The first-order valence-electron chi connectivity index (χ1n) is 42.7. The fraction of sp³-hybridized carbons (Fsp3) is 0.516. The van der Waals surface area contributed by atoms with Crippen LogP contribution in [0.25, 0.3) is 75.7 Å². The van der Waals surface area contributed by atoms with Gasteiger partial charge in [0.05, 0.1) is 25.3 Å². The molecule has 7 nitrogen and oxygen atoms in total. The van der Waals surface area contributed by atoms with Gasteiger partial charge >= 0.3 is 0 Å². The van der Waals surface area contributed by atoms with E-state index in [-0.39, 0.29) is 62.0 Å². The topological polar surface area (TPSA) is 95.4 Å². The number of hydrogen-bond acceptors (Lipinski definition) is 6. The standard InChI is InChI=1S/C95H115F4N5O2S2Si2/c1-9-15-21-27-33-39-45-65(46-40-34-28-22-16-10-2)104-84-59-74-86(109(47-41-35-29-23-17-11-3,48-42-36-30-24-18-12-4)88-53-66(107-94(74)88)51-76-90(82(63-100)102-7)70-55-78(96)80(98)57-72(70)92(76)105)61-68(84)69-62-87-75(60-85(69)104)95-89(110(87,49-43-37-31-25-19-13-5)50-44-38-32-26-20-14-6)54-67(108-95)52-77-91(83(64-101)103-8)71-56-79(97)81(99)58-73(71)93(77)106/h51-62,65H,9-50H2,1-6H3/b76-51-,77-52-,90-82+,91-83?. The molecule has 4 aliphatic rings. The summed E-state index contributed by atoms with van der Waals surface area (Å²) in [6.07, 6.45) is 47.9. The Kier molecular flexibility index (Phi) is 30.2. The van der Waals surface area contributed by atoms with E-state index in [0.29, 0.717) is 0 Å². The van der Waals surface area contributed by atoms with E-state index in [1.54, 1.807) is 22.7 Å². The van der Waals surface area contributed by atoms with E-state index in [1.165, 1.54) is 230 Å². The van der Waals surface area contributed by atoms with E-state index < -0.39 is 51.0 Å². The number of halogens is 4. The third kappa shape index (κ3) is 17.8. The molecule has 0 unspecified atom stereocenters. The van der Waals surface area contributed by atoms with Crippen LogP contribution in [-0.2, 0) is 0 Å². The second kappa shape index (κ2) is 39.8. The highest BCUT2D eigenvalue weighted by Gasteiger charge is 2.49. The molecule has 0 spiro atoms. The first-order chi connectivity index (χ1) is 53.7. The molecule has 5 heterocycles. The number of hydrogen-bond donors (Lipinski definition) is 0. The van der Waals surface area contributed by atoms with Crippen molar-refractivity contribution < 1.29 is 27.2 Å². The van der Waals surface area contributed by atoms with Crippen LogP contribution in [0, 0.1) is 59.1 Å². The van der Waals surface area contributed by atoms with Gasteiger partial charge in [0.2, 0.25) is 0 Å². The lowest BCUT2D eigenvalue weighted by Gasteiger charge is -2.30. The Morgan fingerprint density at radius 3 is 0.991 bits per heavy atom. The van der Waals surface area contributed by atoms with Crippen LogP contribution in [0.15, 0.2) is 83.2 Å². The Hall–Kier alpha value is -7.51. The number of Topliss-reactive ketones (excluding diaryl/α,β-unsaturated/α-hetero) is 2. The van der Waals surface area contributed by atoms with Gasteiger partial charge in [-0.15, -0.1) is 22.7 Å². The Balaban J connectivity index is 1.20. The zero-order valence-electron chi connectivity index (χ0n) is 66.6. The van der Waals surface area contributed by atoms with Crippen molar-refractivity contribution in [2.75, 3.05) is 0 Å². The van der Waals surface area contributed by atoms with E-state index in [0.717, 1.165) is 135 Å². The highest BCUT2D eigenvalue weighted by atomic mass is 32.1. The minimum absolute atomic E-state index is 0.0504. The molecular formula is C95H115F4N5O2S2Si2. The monoisotopic (exact) mass is 1550 g/mol. The minimum atomic E-state index is -2.73. The Morgan fingerprint density at radius 2 is 0.691 bits per heavy atom. The lowest BCUT2D eigenvalue weighted by molar-refractivity contribution is 0.103. The summed E-state index contributed by atoms with van der Waals surface area (Å²) in [6, 6.07) is 27.6. The number of carbonyl (C=O) groups is 2. The summed E-state index contributed by atoms with van der Waals surface area (Å²) in [6.45, 7) is 29.9. The molecule has 0 saturated heterocycles. The van der Waals surface area contributed by atoms with Crippen LogP contribution in [0.1, 0.15) is 333 Å². The molecule has 4 aromatic carbocycles. The summed E-state index contributed by atoms with van der Waals surface area (Å²) in [5, 5.41) is 29.4. The maximum atomic E-state index is 15.3. The summed E-state index contributed by atoms with van der Waals surface area (Å²) >= 11 is 3.36. The molecule has 2 aliphatic heterocycles. The second-order valence-corrected chi connectivity index (χ2v) is 42.9. The first kappa shape index (κ1) is 83.4. The van der Waals surface area contributed by atoms with Crippen LogP contribution < -0.4 is 20.7 Å². The molecule has 0 radical (unpaired) electrons. The van der Waals surface area contributed by atoms with E-state index in [1.807, 2.05) is 24.3 Å². The Morgan fingerprint density at radius 1 is 0.400 bits per heavy atom. The van der Waals surface area contributed by atoms with Crippen molar-refractivity contribution in [1.82, 2.24) is 4.57 Å². The van der Waals surface area contributed by atoms with E-state index in [2.05, 4.69) is 92.2 Å². The fourth-order valence-electron chi connectivity index (χ4n) is 19.0. The zero-order valence-corrected chi connectivity index (χ0v) is 70.2. The van der Waals surface area contributed by atoms with Gasteiger partial charge in [-0.1, -0.05) is 285 Å². The van der Waals surface area contributed by atoms with Crippen molar-refractivity contribution in [2.45, 2.75) is 316 Å². The predicted octanol–water partition coefficient (Wildman–Crippen LogP) is 27.9. The van der Waals surface area contributed by atoms with E-state index in [9.17, 15) is 20.1 Å². The molecular weight excluding hydrogens is 1440 g/mol. The van der Waals surface area contributed by atoms with Crippen molar-refractivity contribution >= 4 is 116 Å². The predicted molar refractivity (Wildman–Crippen MR) is 459 cm³/mol. The van der Waals surface area contributed by atoms with Gasteiger partial charge in [0.15, 0.2) is 34.8 Å². The summed E-state index contributed by atoms with van der Waals surface area (Å²) in [7, 11) is -5.47. The number of benzene rings is 4. The van der Waals surface area contributed by atoms with Gasteiger partial charge in [-0.3, -0.25) is 9.59 Å². The third-order valence-electron chi connectivity index (χ3n) is 24.8. The number of carbonyl (C=O) groups excluding carboxylic acids is 2. The van der Waals surface area contributed by atoms with Crippen LogP contribution >= 0.6 is 22.7 Å². The van der Waals surface area contributed by atoms with Gasteiger partial charge in [0.25, 0.3) is 11.4 Å². The van der Waals surface area contributed by atoms with Gasteiger partial charge in [-0.05, 0) is 141 Å². The molecule has 0 N–H and O–H groups in total. The number of aromatic nitrogens is 1. The lowest BCUT2D eigenvalue weighted by atomic mass is 9.99. The highest BCUT2D eigenvalue weighted by Crippen LogP contribution is 2.51. The van der Waals surface area contributed by atoms with Crippen LogP contribution in [0.4, 0.5) is 17.6 Å². The molecule has 0 atom stereocenters. The van der Waals surface area contributed by atoms with Crippen molar-refractivity contribution in [3.05, 3.63) is 161 Å². The summed E-state index contributed by atoms with van der Waals surface area (Å²) < 4.78 is 63.8. The first-order valence-corrected chi connectivity index (χ1v) is 49.1. The number of rotatable bonds is 45. The SMILES string of the molecule is [C-]#[N+]C(C#N)=C1/C(=C/c2cc3c(s2)-c2cc4c(cc2[Si]3(CCCCCCCC)CCCCCCCC)c2cc3c(cc2n4C(CCCCCCCC)CCCCCCCC)-c2sc(/C=C4\C(=O)c5cc(F)c(F)cc5\C4=C(\C#N)[N+]#[C-])cc2[Si]3(CCCCCCCC)CCCCCCCC)C(=O)c2cc(F)c(F)cc21. The maximum Gasteiger partial charge on any atom is 0.270 e. The summed E-state index contributed by atoms with van der Waals surface area (Å²) in [5.74, 6) is -5.66. The maximum absolute atomic E-state index is 15.3. The highest BCUT2D eigenvalue weighted by molar-refractivity contribution is 7.23. The molecule has 2 aliphatic carbocycles. The van der Waals surface area contributed by atoms with E-state index >= 15 is 17.6 Å². The summed E-state index contributed by atoms with van der Waals surface area (Å²) in [5.41, 5.74) is 4.71. The van der Waals surface area contributed by atoms with Gasteiger partial charge in [0.1, 0.15) is 16.1 Å².